The van der Waals surface area contributed by atoms with E-state index in [0.717, 1.165) is 16.8 Å². The van der Waals surface area contributed by atoms with E-state index >= 15 is 0 Å². The van der Waals surface area contributed by atoms with Gasteiger partial charge in [-0.1, -0.05) is 47.1 Å². The molecule has 156 valence electrons. The Morgan fingerprint density at radius 3 is 2.74 bits per heavy atom. The van der Waals surface area contributed by atoms with E-state index in [0.29, 0.717) is 36.2 Å². The molecule has 0 unspecified atom stereocenters. The molecule has 0 saturated heterocycles. The van der Waals surface area contributed by atoms with Gasteiger partial charge in [0.2, 0.25) is 17.6 Å². The summed E-state index contributed by atoms with van der Waals surface area (Å²) in [6.07, 6.45) is 2.32. The van der Waals surface area contributed by atoms with E-state index in [1.807, 2.05) is 67.6 Å². The van der Waals surface area contributed by atoms with E-state index in [1.54, 1.807) is 12.3 Å². The minimum Gasteiger partial charge on any atom is -0.487 e. The first-order valence-corrected chi connectivity index (χ1v) is 9.98. The van der Waals surface area contributed by atoms with Crippen LogP contribution in [0.2, 0.25) is 0 Å². The molecule has 0 aliphatic carbocycles. The lowest BCUT2D eigenvalue weighted by molar-refractivity contribution is -0.116. The van der Waals surface area contributed by atoms with Crippen molar-refractivity contribution in [2.24, 2.45) is 0 Å². The number of aromatic nitrogens is 3. The Kier molecular flexibility index (Phi) is 6.32. The lowest BCUT2D eigenvalue weighted by atomic mass is 10.1. The van der Waals surface area contributed by atoms with Gasteiger partial charge in [0.15, 0.2) is 0 Å². The summed E-state index contributed by atoms with van der Waals surface area (Å²) in [6, 6.07) is 20.8. The number of aryl methyl sites for hydroxylation is 2. The highest BCUT2D eigenvalue weighted by molar-refractivity contribution is 5.90. The standard InChI is InChI=1S/C24H22N4O3/c1-17-8-10-18(11-9-17)24-27-23(31-28-24)13-12-22(29)26-19-6-4-7-21(15-19)30-16-20-5-2-3-14-25-20/h2-11,14-15H,12-13,16H2,1H3,(H,26,29). The van der Waals surface area contributed by atoms with Gasteiger partial charge < -0.3 is 14.6 Å². The third kappa shape index (κ3) is 5.76. The van der Waals surface area contributed by atoms with Gasteiger partial charge in [0.1, 0.15) is 12.4 Å². The van der Waals surface area contributed by atoms with E-state index < -0.39 is 0 Å². The fourth-order valence-electron chi connectivity index (χ4n) is 2.92. The van der Waals surface area contributed by atoms with Crippen LogP contribution in [0, 0.1) is 6.92 Å². The van der Waals surface area contributed by atoms with Crippen LogP contribution in [-0.2, 0) is 17.8 Å². The molecule has 7 heteroatoms. The van der Waals surface area contributed by atoms with E-state index in [4.69, 9.17) is 9.26 Å². The van der Waals surface area contributed by atoms with Gasteiger partial charge >= 0.3 is 0 Å². The Hall–Kier alpha value is -4.00. The van der Waals surface area contributed by atoms with Gasteiger partial charge in [0, 0.05) is 36.4 Å². The first-order valence-electron chi connectivity index (χ1n) is 9.98. The predicted molar refractivity (Wildman–Crippen MR) is 116 cm³/mol. The molecule has 2 aromatic heterocycles. The molecular formula is C24H22N4O3. The fourth-order valence-corrected chi connectivity index (χ4v) is 2.92. The molecule has 0 atom stereocenters. The Morgan fingerprint density at radius 2 is 1.94 bits per heavy atom. The summed E-state index contributed by atoms with van der Waals surface area (Å²) in [6.45, 7) is 2.38. The first-order chi connectivity index (χ1) is 15.2. The monoisotopic (exact) mass is 414 g/mol. The molecule has 0 saturated carbocycles. The Morgan fingerprint density at radius 1 is 1.06 bits per heavy atom. The number of nitrogens with zero attached hydrogens (tertiary/aromatic N) is 3. The molecule has 4 rings (SSSR count). The molecule has 0 bridgehead atoms. The zero-order valence-corrected chi connectivity index (χ0v) is 17.1. The second-order valence-corrected chi connectivity index (χ2v) is 7.06. The zero-order chi connectivity index (χ0) is 21.5. The Bertz CT molecular complexity index is 1140. The van der Waals surface area contributed by atoms with Crippen LogP contribution in [-0.4, -0.2) is 21.0 Å². The number of pyridine rings is 1. The molecule has 0 spiro atoms. The molecule has 1 N–H and O–H groups in total. The maximum Gasteiger partial charge on any atom is 0.227 e. The van der Waals surface area contributed by atoms with Crippen LogP contribution in [0.1, 0.15) is 23.6 Å². The number of nitrogens with one attached hydrogen (secondary N) is 1. The quantitative estimate of drug-likeness (QED) is 0.453. The summed E-state index contributed by atoms with van der Waals surface area (Å²) >= 11 is 0. The van der Waals surface area contributed by atoms with Gasteiger partial charge in [-0.3, -0.25) is 9.78 Å². The van der Waals surface area contributed by atoms with Crippen molar-refractivity contribution in [1.29, 1.82) is 0 Å². The summed E-state index contributed by atoms with van der Waals surface area (Å²) in [7, 11) is 0. The van der Waals surface area contributed by atoms with Crippen molar-refractivity contribution in [2.45, 2.75) is 26.4 Å². The Labute approximate surface area is 180 Å². The topological polar surface area (TPSA) is 90.1 Å². The van der Waals surface area contributed by atoms with Gasteiger partial charge in [-0.2, -0.15) is 4.98 Å². The number of anilines is 1. The molecule has 1 amide bonds. The number of carbonyl (C=O) groups excluding carboxylic acids is 1. The van der Waals surface area contributed by atoms with Gasteiger partial charge in [-0.15, -0.1) is 0 Å². The molecule has 4 aromatic rings. The highest BCUT2D eigenvalue weighted by atomic mass is 16.5. The van der Waals surface area contributed by atoms with Crippen LogP contribution in [0.5, 0.6) is 5.75 Å². The average Bonchev–Trinajstić information content (AvgIpc) is 3.27. The number of ether oxygens (including phenoxy) is 1. The fraction of sp³-hybridized carbons (Fsp3) is 0.167. The maximum absolute atomic E-state index is 12.3. The highest BCUT2D eigenvalue weighted by Gasteiger charge is 2.11. The van der Waals surface area contributed by atoms with Crippen LogP contribution >= 0.6 is 0 Å². The van der Waals surface area contributed by atoms with Crippen molar-refractivity contribution in [3.05, 3.63) is 90.1 Å². The number of hydrogen-bond donors (Lipinski definition) is 1. The van der Waals surface area contributed by atoms with Gasteiger partial charge in [-0.05, 0) is 31.2 Å². The van der Waals surface area contributed by atoms with Crippen LogP contribution in [0.4, 0.5) is 5.69 Å². The number of carbonyl (C=O) groups is 1. The van der Waals surface area contributed by atoms with Crippen LogP contribution < -0.4 is 10.1 Å². The van der Waals surface area contributed by atoms with Crippen molar-refractivity contribution in [3.8, 4) is 17.1 Å². The molecule has 2 aromatic carbocycles. The van der Waals surface area contributed by atoms with Crippen molar-refractivity contribution in [2.75, 3.05) is 5.32 Å². The molecule has 0 radical (unpaired) electrons. The summed E-state index contributed by atoms with van der Waals surface area (Å²) < 4.78 is 11.0. The molecule has 2 heterocycles. The molecule has 31 heavy (non-hydrogen) atoms. The molecule has 0 aliphatic heterocycles. The lowest BCUT2D eigenvalue weighted by Gasteiger charge is -2.09. The first kappa shape index (κ1) is 20.3. The second-order valence-electron chi connectivity index (χ2n) is 7.06. The van der Waals surface area contributed by atoms with E-state index in [9.17, 15) is 4.79 Å². The lowest BCUT2D eigenvalue weighted by Crippen LogP contribution is -2.12. The third-order valence-electron chi connectivity index (χ3n) is 4.57. The van der Waals surface area contributed by atoms with E-state index in [-0.39, 0.29) is 12.3 Å². The number of rotatable bonds is 8. The van der Waals surface area contributed by atoms with Gasteiger partial charge in [0.25, 0.3) is 0 Å². The van der Waals surface area contributed by atoms with Gasteiger partial charge in [0.05, 0.1) is 5.69 Å². The summed E-state index contributed by atoms with van der Waals surface area (Å²) in [4.78, 5) is 20.9. The zero-order valence-electron chi connectivity index (χ0n) is 17.1. The molecule has 0 aliphatic rings. The summed E-state index contributed by atoms with van der Waals surface area (Å²) in [5.74, 6) is 1.46. The maximum atomic E-state index is 12.3. The van der Waals surface area contributed by atoms with Crippen LogP contribution in [0.15, 0.2) is 77.4 Å². The smallest absolute Gasteiger partial charge is 0.227 e. The van der Waals surface area contributed by atoms with Crippen molar-refractivity contribution < 1.29 is 14.1 Å². The van der Waals surface area contributed by atoms with E-state index in [1.165, 1.54) is 0 Å². The second kappa shape index (κ2) is 9.67. The number of amides is 1. The van der Waals surface area contributed by atoms with Crippen molar-refractivity contribution in [3.63, 3.8) is 0 Å². The summed E-state index contributed by atoms with van der Waals surface area (Å²) in [5.41, 5.74) is 3.54. The van der Waals surface area contributed by atoms with Gasteiger partial charge in [-0.25, -0.2) is 0 Å². The molecular weight excluding hydrogens is 392 g/mol. The SMILES string of the molecule is Cc1ccc(-c2noc(CCC(=O)Nc3cccc(OCc4ccccn4)c3)n2)cc1. The number of benzene rings is 2. The largest absolute Gasteiger partial charge is 0.487 e. The number of hydrogen-bond acceptors (Lipinski definition) is 6. The average molecular weight is 414 g/mol. The van der Waals surface area contributed by atoms with E-state index in [2.05, 4.69) is 20.4 Å². The third-order valence-corrected chi connectivity index (χ3v) is 4.57. The Balaban J connectivity index is 1.28. The van der Waals surface area contributed by atoms with Crippen LogP contribution in [0.25, 0.3) is 11.4 Å². The van der Waals surface area contributed by atoms with Crippen molar-refractivity contribution >= 4 is 11.6 Å². The molecule has 0 fully saturated rings. The minimum absolute atomic E-state index is 0.142. The predicted octanol–water partition coefficient (Wildman–Crippen LogP) is 4.59. The summed E-state index contributed by atoms with van der Waals surface area (Å²) in [5, 5.41) is 6.87. The minimum atomic E-state index is -0.142. The molecule has 7 nitrogen and oxygen atoms in total. The normalized spacial score (nSPS) is 10.6. The van der Waals surface area contributed by atoms with Crippen molar-refractivity contribution in [1.82, 2.24) is 15.1 Å². The highest BCUT2D eigenvalue weighted by Crippen LogP contribution is 2.19. The van der Waals surface area contributed by atoms with Crippen LogP contribution in [0.3, 0.4) is 0 Å².